The Balaban J connectivity index is 1.46. The average Bonchev–Trinajstić information content (AvgIpc) is 2.79. The summed E-state index contributed by atoms with van der Waals surface area (Å²) in [5.41, 5.74) is 13.6. The lowest BCUT2D eigenvalue weighted by molar-refractivity contribution is 0.313. The van der Waals surface area contributed by atoms with Gasteiger partial charge in [-0.25, -0.2) is 4.99 Å². The number of guanidine groups is 1. The van der Waals surface area contributed by atoms with Crippen molar-refractivity contribution in [3.05, 3.63) is 64.7 Å². The van der Waals surface area contributed by atoms with E-state index in [-0.39, 0.29) is 6.04 Å². The van der Waals surface area contributed by atoms with E-state index in [9.17, 15) is 0 Å². The molecule has 3 aliphatic rings. The number of likely N-dealkylation sites (N-methyl/N-ethyl adjacent to an activating group) is 1. The lowest BCUT2D eigenvalue weighted by atomic mass is 9.83. The first-order valence-corrected chi connectivity index (χ1v) is 10.7. The molecule has 0 aromatic heterocycles. The number of methoxy groups -OCH3 is 1. The molecule has 1 atom stereocenters. The van der Waals surface area contributed by atoms with Crippen molar-refractivity contribution in [2.24, 2.45) is 10.7 Å². The summed E-state index contributed by atoms with van der Waals surface area (Å²) in [6.45, 7) is 4.36. The summed E-state index contributed by atoms with van der Waals surface area (Å²) in [5.74, 6) is 1.33. The summed E-state index contributed by atoms with van der Waals surface area (Å²) in [5, 5.41) is 3.33. The molecule has 6 heteroatoms. The van der Waals surface area contributed by atoms with Crippen LogP contribution in [0.3, 0.4) is 0 Å². The number of anilines is 1. The lowest BCUT2D eigenvalue weighted by Crippen LogP contribution is -2.44. The number of benzene rings is 2. The quantitative estimate of drug-likeness (QED) is 0.825. The maximum absolute atomic E-state index is 6.22. The van der Waals surface area contributed by atoms with Crippen molar-refractivity contribution in [2.45, 2.75) is 18.9 Å². The molecule has 1 unspecified atom stereocenters. The van der Waals surface area contributed by atoms with Crippen LogP contribution in [0.4, 0.5) is 5.69 Å². The number of aliphatic imine (C=N–C) groups is 1. The van der Waals surface area contributed by atoms with Crippen LogP contribution in [-0.4, -0.2) is 51.2 Å². The molecule has 3 N–H and O–H groups in total. The van der Waals surface area contributed by atoms with Crippen LogP contribution in [0, 0.1) is 0 Å². The van der Waals surface area contributed by atoms with Crippen LogP contribution in [0.5, 0.6) is 5.75 Å². The number of piperazine rings is 1. The fourth-order valence-electron chi connectivity index (χ4n) is 4.71. The van der Waals surface area contributed by atoms with E-state index in [0.29, 0.717) is 5.96 Å². The summed E-state index contributed by atoms with van der Waals surface area (Å²) in [6, 6.07) is 15.1. The lowest BCUT2D eigenvalue weighted by Gasteiger charge is -2.34. The smallest absolute Gasteiger partial charge is 0.194 e. The third-order valence-corrected chi connectivity index (χ3v) is 6.50. The van der Waals surface area contributed by atoms with Gasteiger partial charge >= 0.3 is 0 Å². The Morgan fingerprint density at radius 1 is 1.03 bits per heavy atom. The average molecular weight is 404 g/mol. The molecule has 0 bridgehead atoms. The van der Waals surface area contributed by atoms with E-state index in [0.717, 1.165) is 50.5 Å². The molecule has 1 aliphatic carbocycles. The second-order valence-electron chi connectivity index (χ2n) is 8.35. The SMILES string of the molecule is COc1ccc2c(c1)C1=C(CC2)C(c2ccc(N3CCN(C)CC3)cc2)N=C(N)N1. The first-order chi connectivity index (χ1) is 14.6. The fourth-order valence-corrected chi connectivity index (χ4v) is 4.71. The van der Waals surface area contributed by atoms with Gasteiger partial charge in [-0.3, -0.25) is 0 Å². The number of fused-ring (bicyclic) bond motifs is 2. The van der Waals surface area contributed by atoms with Gasteiger partial charge in [-0.15, -0.1) is 0 Å². The van der Waals surface area contributed by atoms with Crippen LogP contribution in [0.2, 0.25) is 0 Å². The van der Waals surface area contributed by atoms with Crippen molar-refractivity contribution in [2.75, 3.05) is 45.2 Å². The number of aryl methyl sites for hydroxylation is 1. The van der Waals surface area contributed by atoms with Gasteiger partial charge < -0.3 is 25.6 Å². The highest BCUT2D eigenvalue weighted by Crippen LogP contribution is 2.41. The molecule has 0 saturated carbocycles. The normalized spacial score (nSPS) is 21.5. The number of nitrogens with two attached hydrogens (primary N) is 1. The van der Waals surface area contributed by atoms with Gasteiger partial charge in [0.1, 0.15) is 11.8 Å². The van der Waals surface area contributed by atoms with Crippen molar-refractivity contribution >= 4 is 17.3 Å². The minimum Gasteiger partial charge on any atom is -0.497 e. The van der Waals surface area contributed by atoms with Gasteiger partial charge in [0.25, 0.3) is 0 Å². The number of hydrogen-bond acceptors (Lipinski definition) is 6. The number of hydrogen-bond donors (Lipinski definition) is 2. The van der Waals surface area contributed by atoms with Crippen LogP contribution in [0.25, 0.3) is 5.70 Å². The van der Waals surface area contributed by atoms with Gasteiger partial charge in [-0.05, 0) is 60.9 Å². The number of rotatable bonds is 3. The Labute approximate surface area is 178 Å². The Morgan fingerprint density at radius 2 is 1.80 bits per heavy atom. The molecule has 6 nitrogen and oxygen atoms in total. The third-order valence-electron chi connectivity index (χ3n) is 6.50. The summed E-state index contributed by atoms with van der Waals surface area (Å²) in [7, 11) is 3.89. The standard InChI is InChI=1S/C24H29N5O/c1-28-11-13-29(14-12-28)18-7-3-17(4-8-18)22-20-10-6-16-5-9-19(30-2)15-21(16)23(20)27-24(25)26-22/h3-5,7-9,15,22H,6,10-14H2,1-2H3,(H3,25,26,27). The van der Waals surface area contributed by atoms with E-state index in [1.54, 1.807) is 7.11 Å². The molecule has 1 fully saturated rings. The van der Waals surface area contributed by atoms with E-state index in [1.165, 1.54) is 28.0 Å². The summed E-state index contributed by atoms with van der Waals surface area (Å²) < 4.78 is 5.46. The van der Waals surface area contributed by atoms with Crippen LogP contribution in [0.15, 0.2) is 53.0 Å². The summed E-state index contributed by atoms with van der Waals surface area (Å²) >= 11 is 0. The third kappa shape index (κ3) is 3.41. The highest BCUT2D eigenvalue weighted by molar-refractivity contribution is 5.93. The molecule has 1 saturated heterocycles. The number of nitrogens with zero attached hydrogens (tertiary/aromatic N) is 3. The molecular formula is C24H29N5O. The molecule has 0 amide bonds. The minimum absolute atomic E-state index is 0.0397. The first-order valence-electron chi connectivity index (χ1n) is 10.7. The molecule has 2 aliphatic heterocycles. The number of ether oxygens (including phenoxy) is 1. The van der Waals surface area contributed by atoms with Crippen molar-refractivity contribution in [1.29, 1.82) is 0 Å². The summed E-state index contributed by atoms with van der Waals surface area (Å²) in [6.07, 6.45) is 1.98. The van der Waals surface area contributed by atoms with Crippen LogP contribution in [-0.2, 0) is 6.42 Å². The topological polar surface area (TPSA) is 66.1 Å². The van der Waals surface area contributed by atoms with Gasteiger partial charge in [0.2, 0.25) is 0 Å². The Bertz CT molecular complexity index is 1000. The molecule has 30 heavy (non-hydrogen) atoms. The maximum Gasteiger partial charge on any atom is 0.194 e. The van der Waals surface area contributed by atoms with Crippen LogP contribution >= 0.6 is 0 Å². The van der Waals surface area contributed by atoms with Crippen LogP contribution < -0.4 is 20.7 Å². The predicted molar refractivity (Wildman–Crippen MR) is 122 cm³/mol. The summed E-state index contributed by atoms with van der Waals surface area (Å²) in [4.78, 5) is 9.61. The molecule has 2 aromatic rings. The van der Waals surface area contributed by atoms with Crippen molar-refractivity contribution in [1.82, 2.24) is 10.2 Å². The van der Waals surface area contributed by atoms with Gasteiger partial charge in [-0.1, -0.05) is 18.2 Å². The van der Waals surface area contributed by atoms with E-state index < -0.39 is 0 Å². The zero-order valence-electron chi connectivity index (χ0n) is 17.7. The molecule has 156 valence electrons. The highest BCUT2D eigenvalue weighted by Gasteiger charge is 2.30. The Morgan fingerprint density at radius 3 is 2.53 bits per heavy atom. The monoisotopic (exact) mass is 403 g/mol. The van der Waals surface area contributed by atoms with Gasteiger partial charge in [0.15, 0.2) is 5.96 Å². The molecule has 5 rings (SSSR count). The Hall–Kier alpha value is -2.99. The molecule has 0 radical (unpaired) electrons. The fraction of sp³-hybridized carbons (Fsp3) is 0.375. The Kier molecular flexibility index (Phi) is 4.87. The number of nitrogens with one attached hydrogen (secondary N) is 1. The zero-order chi connectivity index (χ0) is 20.7. The molecular weight excluding hydrogens is 374 g/mol. The van der Waals surface area contributed by atoms with Gasteiger partial charge in [0, 0.05) is 37.4 Å². The van der Waals surface area contributed by atoms with Gasteiger partial charge in [0.05, 0.1) is 12.8 Å². The molecule has 2 aromatic carbocycles. The molecule has 0 spiro atoms. The van der Waals surface area contributed by atoms with Crippen molar-refractivity contribution < 1.29 is 4.74 Å². The van der Waals surface area contributed by atoms with E-state index in [1.807, 2.05) is 6.07 Å². The largest absolute Gasteiger partial charge is 0.497 e. The van der Waals surface area contributed by atoms with E-state index in [2.05, 4.69) is 58.6 Å². The van der Waals surface area contributed by atoms with Crippen molar-refractivity contribution in [3.63, 3.8) is 0 Å². The second kappa shape index (κ2) is 7.69. The van der Waals surface area contributed by atoms with Gasteiger partial charge in [-0.2, -0.15) is 0 Å². The van der Waals surface area contributed by atoms with E-state index in [4.69, 9.17) is 15.5 Å². The highest BCUT2D eigenvalue weighted by atomic mass is 16.5. The predicted octanol–water partition coefficient (Wildman–Crippen LogP) is 2.76. The van der Waals surface area contributed by atoms with E-state index >= 15 is 0 Å². The molecule has 2 heterocycles. The zero-order valence-corrected chi connectivity index (χ0v) is 17.7. The first kappa shape index (κ1) is 19.0. The maximum atomic E-state index is 6.22. The second-order valence-corrected chi connectivity index (χ2v) is 8.35. The minimum atomic E-state index is -0.0397. The van der Waals surface area contributed by atoms with Crippen LogP contribution in [0.1, 0.15) is 29.2 Å². The van der Waals surface area contributed by atoms with Crippen molar-refractivity contribution in [3.8, 4) is 5.75 Å².